The fourth-order valence-electron chi connectivity index (χ4n) is 4.20. The Morgan fingerprint density at radius 3 is 2.68 bits per heavy atom. The lowest BCUT2D eigenvalue weighted by Crippen LogP contribution is -2.34. The third-order valence-corrected chi connectivity index (χ3v) is 6.27. The van der Waals surface area contributed by atoms with Gasteiger partial charge in [0.05, 0.1) is 5.56 Å². The van der Waals surface area contributed by atoms with Crippen LogP contribution in [-0.2, 0) is 22.5 Å². The van der Waals surface area contributed by atoms with Gasteiger partial charge in [0.2, 0.25) is 5.91 Å². The number of rotatable bonds is 8. The number of methoxy groups -OCH3 is 1. The molecule has 0 spiro atoms. The van der Waals surface area contributed by atoms with Crippen LogP contribution in [0.1, 0.15) is 47.2 Å². The molecule has 6 heteroatoms. The summed E-state index contributed by atoms with van der Waals surface area (Å²) in [6, 6.07) is 14.2. The molecule has 0 aromatic heterocycles. The predicted molar refractivity (Wildman–Crippen MR) is 122 cm³/mol. The predicted octanol–water partition coefficient (Wildman–Crippen LogP) is 3.75. The van der Waals surface area contributed by atoms with E-state index in [-0.39, 0.29) is 17.7 Å². The second-order valence-corrected chi connectivity index (χ2v) is 8.39. The number of hydrogen-bond acceptors (Lipinski definition) is 4. The summed E-state index contributed by atoms with van der Waals surface area (Å²) < 4.78 is 5.08. The van der Waals surface area contributed by atoms with Crippen molar-refractivity contribution in [3.05, 3.63) is 59.2 Å². The average Bonchev–Trinajstić information content (AvgIpc) is 2.75. The van der Waals surface area contributed by atoms with Crippen LogP contribution in [0.25, 0.3) is 0 Å². The van der Waals surface area contributed by atoms with E-state index >= 15 is 0 Å². The molecule has 1 heterocycles. The Morgan fingerprint density at radius 2 is 1.94 bits per heavy atom. The van der Waals surface area contributed by atoms with Crippen molar-refractivity contribution in [1.82, 2.24) is 5.32 Å². The van der Waals surface area contributed by atoms with Gasteiger partial charge in [-0.3, -0.25) is 9.59 Å². The highest BCUT2D eigenvalue weighted by molar-refractivity contribution is 6.02. The van der Waals surface area contributed by atoms with E-state index in [1.54, 1.807) is 7.11 Å². The fourth-order valence-corrected chi connectivity index (χ4v) is 4.20. The molecular formula is C25H31N3O3. The van der Waals surface area contributed by atoms with E-state index < -0.39 is 0 Å². The van der Waals surface area contributed by atoms with Gasteiger partial charge in [0, 0.05) is 50.6 Å². The molecule has 0 atom stereocenters. The van der Waals surface area contributed by atoms with Crippen molar-refractivity contribution in [2.75, 3.05) is 37.0 Å². The summed E-state index contributed by atoms with van der Waals surface area (Å²) in [6.07, 6.45) is 4.72. The third kappa shape index (κ3) is 5.07. The maximum Gasteiger partial charge on any atom is 0.253 e. The van der Waals surface area contributed by atoms with Crippen LogP contribution in [0, 0.1) is 5.92 Å². The molecule has 1 aliphatic carbocycles. The minimum atomic E-state index is -0.121. The van der Waals surface area contributed by atoms with Crippen LogP contribution in [0.5, 0.6) is 0 Å². The van der Waals surface area contributed by atoms with Gasteiger partial charge >= 0.3 is 0 Å². The highest BCUT2D eigenvalue weighted by atomic mass is 16.5. The molecule has 1 fully saturated rings. The smallest absolute Gasteiger partial charge is 0.253 e. The number of fused-ring (bicyclic) bond motifs is 1. The summed E-state index contributed by atoms with van der Waals surface area (Å²) in [4.78, 5) is 27.7. The molecule has 4 rings (SSSR count). The lowest BCUT2D eigenvalue weighted by atomic mass is 9.85. The van der Waals surface area contributed by atoms with Gasteiger partial charge in [-0.25, -0.2) is 0 Å². The second-order valence-electron chi connectivity index (χ2n) is 8.39. The van der Waals surface area contributed by atoms with E-state index in [4.69, 9.17) is 4.74 Å². The van der Waals surface area contributed by atoms with Crippen molar-refractivity contribution in [1.29, 1.82) is 0 Å². The van der Waals surface area contributed by atoms with Crippen molar-refractivity contribution in [3.8, 4) is 0 Å². The number of nitrogens with one attached hydrogen (secondary N) is 2. The first-order chi connectivity index (χ1) is 15.2. The lowest BCUT2D eigenvalue weighted by molar-refractivity contribution is -0.122. The standard InChI is InChI=1S/C25H31N3O3/c1-31-15-5-13-26-25(30)22-16-21(27-24(29)19-8-4-9-19)10-11-23(22)28-14-12-18-6-2-3-7-20(18)17-28/h2-3,6-7,10-11,16,19H,4-5,8-9,12-15,17H2,1H3,(H,26,30)(H,27,29). The van der Waals surface area contributed by atoms with Gasteiger partial charge in [-0.05, 0) is 55.0 Å². The van der Waals surface area contributed by atoms with E-state index in [9.17, 15) is 9.59 Å². The maximum atomic E-state index is 13.1. The molecule has 1 aliphatic heterocycles. The third-order valence-electron chi connectivity index (χ3n) is 6.27. The Kier molecular flexibility index (Phi) is 6.87. The van der Waals surface area contributed by atoms with Crippen LogP contribution >= 0.6 is 0 Å². The minimum Gasteiger partial charge on any atom is -0.385 e. The SMILES string of the molecule is COCCCNC(=O)c1cc(NC(=O)C2CCC2)ccc1N1CCc2ccccc2C1. The summed E-state index contributed by atoms with van der Waals surface area (Å²) in [5.74, 6) is 0.0339. The summed E-state index contributed by atoms with van der Waals surface area (Å²) in [6.45, 7) is 2.78. The van der Waals surface area contributed by atoms with E-state index in [0.717, 1.165) is 50.9 Å². The Morgan fingerprint density at radius 1 is 1.13 bits per heavy atom. The number of carbonyl (C=O) groups excluding carboxylic acids is 2. The number of amides is 2. The zero-order valence-corrected chi connectivity index (χ0v) is 18.2. The molecular weight excluding hydrogens is 390 g/mol. The number of hydrogen-bond donors (Lipinski definition) is 2. The first-order valence-corrected chi connectivity index (χ1v) is 11.2. The summed E-state index contributed by atoms with van der Waals surface area (Å²) in [5.41, 5.74) is 4.85. The van der Waals surface area contributed by atoms with Crippen molar-refractivity contribution in [3.63, 3.8) is 0 Å². The quantitative estimate of drug-likeness (QED) is 0.637. The number of benzene rings is 2. The fraction of sp³-hybridized carbons (Fsp3) is 0.440. The monoisotopic (exact) mass is 421 g/mol. The van der Waals surface area contributed by atoms with E-state index in [1.807, 2.05) is 18.2 Å². The van der Waals surface area contributed by atoms with Gasteiger partial charge in [-0.15, -0.1) is 0 Å². The van der Waals surface area contributed by atoms with Gasteiger partial charge < -0.3 is 20.3 Å². The molecule has 2 aliphatic rings. The maximum absolute atomic E-state index is 13.1. The molecule has 31 heavy (non-hydrogen) atoms. The van der Waals surface area contributed by atoms with Crippen molar-refractivity contribution in [2.24, 2.45) is 5.92 Å². The Labute approximate surface area is 184 Å². The zero-order chi connectivity index (χ0) is 21.6. The molecule has 2 N–H and O–H groups in total. The van der Waals surface area contributed by atoms with Gasteiger partial charge in [-0.2, -0.15) is 0 Å². The first kappa shape index (κ1) is 21.4. The number of ether oxygens (including phenoxy) is 1. The van der Waals surface area contributed by atoms with Crippen LogP contribution < -0.4 is 15.5 Å². The van der Waals surface area contributed by atoms with Crippen LogP contribution in [0.4, 0.5) is 11.4 Å². The Bertz CT molecular complexity index is 939. The molecule has 2 aromatic carbocycles. The average molecular weight is 422 g/mol. The molecule has 164 valence electrons. The molecule has 0 saturated heterocycles. The second kappa shape index (κ2) is 9.96. The van der Waals surface area contributed by atoms with Gasteiger partial charge in [0.1, 0.15) is 0 Å². The Hall–Kier alpha value is -2.86. The van der Waals surface area contributed by atoms with Crippen LogP contribution in [-0.4, -0.2) is 38.6 Å². The van der Waals surface area contributed by atoms with Crippen molar-refractivity contribution >= 4 is 23.2 Å². The lowest BCUT2D eigenvalue weighted by Gasteiger charge is -2.32. The van der Waals surface area contributed by atoms with Crippen LogP contribution in [0.15, 0.2) is 42.5 Å². The largest absolute Gasteiger partial charge is 0.385 e. The minimum absolute atomic E-state index is 0.0531. The first-order valence-electron chi connectivity index (χ1n) is 11.2. The molecule has 0 radical (unpaired) electrons. The number of anilines is 2. The van der Waals surface area contributed by atoms with E-state index in [0.29, 0.717) is 24.4 Å². The normalized spacial score (nSPS) is 15.7. The van der Waals surface area contributed by atoms with Gasteiger partial charge in [-0.1, -0.05) is 30.7 Å². The molecule has 0 unspecified atom stereocenters. The van der Waals surface area contributed by atoms with Crippen molar-refractivity contribution < 1.29 is 14.3 Å². The Balaban J connectivity index is 1.55. The van der Waals surface area contributed by atoms with Gasteiger partial charge in [0.25, 0.3) is 5.91 Å². The number of nitrogens with zero attached hydrogens (tertiary/aromatic N) is 1. The molecule has 6 nitrogen and oxygen atoms in total. The summed E-state index contributed by atoms with van der Waals surface area (Å²) in [5, 5.41) is 6.00. The highest BCUT2D eigenvalue weighted by Crippen LogP contribution is 2.31. The topological polar surface area (TPSA) is 70.7 Å². The molecule has 1 saturated carbocycles. The van der Waals surface area contributed by atoms with Crippen LogP contribution in [0.3, 0.4) is 0 Å². The van der Waals surface area contributed by atoms with Crippen LogP contribution in [0.2, 0.25) is 0 Å². The number of carbonyl (C=O) groups is 2. The van der Waals surface area contributed by atoms with Crippen molar-refractivity contribution in [2.45, 2.75) is 38.6 Å². The summed E-state index contributed by atoms with van der Waals surface area (Å²) >= 11 is 0. The van der Waals surface area contributed by atoms with E-state index in [1.165, 1.54) is 11.1 Å². The highest BCUT2D eigenvalue weighted by Gasteiger charge is 2.26. The molecule has 0 bridgehead atoms. The summed E-state index contributed by atoms with van der Waals surface area (Å²) in [7, 11) is 1.66. The molecule has 2 amide bonds. The zero-order valence-electron chi connectivity index (χ0n) is 18.2. The molecule has 2 aromatic rings. The van der Waals surface area contributed by atoms with Gasteiger partial charge in [0.15, 0.2) is 0 Å². The van der Waals surface area contributed by atoms with E-state index in [2.05, 4.69) is 39.8 Å².